The number of methoxy groups -OCH3 is 2. The van der Waals surface area contributed by atoms with Gasteiger partial charge in [0.25, 0.3) is 0 Å². The Morgan fingerprint density at radius 3 is 2.45 bits per heavy atom. The number of ether oxygens (including phenoxy) is 2. The Labute approximate surface area is 173 Å². The molecule has 2 N–H and O–H groups in total. The molecule has 1 heterocycles. The molecule has 0 amide bonds. The zero-order valence-corrected chi connectivity index (χ0v) is 17.3. The lowest BCUT2D eigenvalue weighted by molar-refractivity contribution is 0.355. The zero-order valence-electron chi connectivity index (χ0n) is 16.5. The van der Waals surface area contributed by atoms with Gasteiger partial charge in [-0.05, 0) is 49.1 Å². The van der Waals surface area contributed by atoms with Gasteiger partial charge in [0.1, 0.15) is 17.4 Å². The van der Waals surface area contributed by atoms with Crippen LogP contribution in [0.2, 0.25) is 0 Å². The Kier molecular flexibility index (Phi) is 6.10. The van der Waals surface area contributed by atoms with E-state index in [0.717, 1.165) is 5.56 Å². The number of nitrogens with zero attached hydrogens (tertiary/aromatic N) is 3. The molecule has 148 valence electrons. The molecule has 7 nitrogen and oxygen atoms in total. The second-order valence-electron chi connectivity index (χ2n) is 6.11. The maximum absolute atomic E-state index is 10.2. The third kappa shape index (κ3) is 4.20. The van der Waals surface area contributed by atoms with Gasteiger partial charge in [-0.2, -0.15) is 5.26 Å². The fourth-order valence-electron chi connectivity index (χ4n) is 2.80. The van der Waals surface area contributed by atoms with Crippen LogP contribution in [-0.4, -0.2) is 35.5 Å². The molecule has 0 aliphatic carbocycles. The maximum atomic E-state index is 10.2. The summed E-state index contributed by atoms with van der Waals surface area (Å²) in [6.45, 7) is 1.88. The van der Waals surface area contributed by atoms with Gasteiger partial charge in [-0.25, -0.2) is 9.97 Å². The van der Waals surface area contributed by atoms with E-state index in [2.05, 4.69) is 21.4 Å². The number of phenolic OH excluding ortho intramolecular Hbond substituents is 1. The molecule has 0 aliphatic rings. The summed E-state index contributed by atoms with van der Waals surface area (Å²) in [7, 11) is 3.11. The van der Waals surface area contributed by atoms with Crippen LogP contribution in [0.3, 0.4) is 0 Å². The molecule has 0 bridgehead atoms. The molecule has 29 heavy (non-hydrogen) atoms. The SMILES string of the molecule is COc1ccc(-c2nc(SC)nc(Nc3ccc(C)cc3O)c2C#N)cc1OC. The highest BCUT2D eigenvalue weighted by atomic mass is 32.2. The lowest BCUT2D eigenvalue weighted by Crippen LogP contribution is -2.04. The van der Waals surface area contributed by atoms with E-state index in [1.807, 2.05) is 25.3 Å². The van der Waals surface area contributed by atoms with Crippen molar-refractivity contribution in [3.8, 4) is 34.6 Å². The van der Waals surface area contributed by atoms with Gasteiger partial charge >= 0.3 is 0 Å². The Bertz CT molecular complexity index is 1100. The molecule has 0 unspecified atom stereocenters. The number of aromatic hydroxyl groups is 1. The van der Waals surface area contributed by atoms with Crippen molar-refractivity contribution < 1.29 is 14.6 Å². The highest BCUT2D eigenvalue weighted by Crippen LogP contribution is 2.36. The smallest absolute Gasteiger partial charge is 0.189 e. The largest absolute Gasteiger partial charge is 0.506 e. The summed E-state index contributed by atoms with van der Waals surface area (Å²) in [5.41, 5.74) is 2.79. The number of nitriles is 1. The first-order valence-corrected chi connectivity index (χ1v) is 9.88. The lowest BCUT2D eigenvalue weighted by atomic mass is 10.1. The fraction of sp³-hybridized carbons (Fsp3) is 0.190. The van der Waals surface area contributed by atoms with E-state index in [9.17, 15) is 10.4 Å². The molecule has 8 heteroatoms. The van der Waals surface area contributed by atoms with Crippen LogP contribution < -0.4 is 14.8 Å². The highest BCUT2D eigenvalue weighted by molar-refractivity contribution is 7.98. The molecular weight excluding hydrogens is 388 g/mol. The number of hydrogen-bond donors (Lipinski definition) is 2. The van der Waals surface area contributed by atoms with Crippen LogP contribution >= 0.6 is 11.8 Å². The molecule has 3 rings (SSSR count). The molecule has 0 saturated heterocycles. The third-order valence-corrected chi connectivity index (χ3v) is 4.79. The third-order valence-electron chi connectivity index (χ3n) is 4.25. The predicted molar refractivity (Wildman–Crippen MR) is 113 cm³/mol. The topological polar surface area (TPSA) is 100 Å². The van der Waals surface area contributed by atoms with Gasteiger partial charge in [-0.15, -0.1) is 0 Å². The van der Waals surface area contributed by atoms with Crippen LogP contribution in [0.4, 0.5) is 11.5 Å². The first-order valence-electron chi connectivity index (χ1n) is 8.65. The Morgan fingerprint density at radius 2 is 1.83 bits per heavy atom. The van der Waals surface area contributed by atoms with Crippen molar-refractivity contribution in [2.75, 3.05) is 25.8 Å². The lowest BCUT2D eigenvalue weighted by Gasteiger charge is -2.14. The van der Waals surface area contributed by atoms with Gasteiger partial charge in [0, 0.05) is 5.56 Å². The molecule has 0 atom stereocenters. The Hall–Kier alpha value is -3.44. The van der Waals surface area contributed by atoms with Crippen molar-refractivity contribution in [3.63, 3.8) is 0 Å². The van der Waals surface area contributed by atoms with Crippen LogP contribution in [0.5, 0.6) is 17.2 Å². The Morgan fingerprint density at radius 1 is 1.07 bits per heavy atom. The predicted octanol–water partition coefficient (Wildman–Crippen LogP) is 4.51. The molecule has 3 aromatic rings. The highest BCUT2D eigenvalue weighted by Gasteiger charge is 2.18. The number of aromatic nitrogens is 2. The number of nitrogens with one attached hydrogen (secondary N) is 1. The van der Waals surface area contributed by atoms with Crippen LogP contribution in [0.1, 0.15) is 11.1 Å². The van der Waals surface area contributed by atoms with Gasteiger partial charge in [-0.1, -0.05) is 17.8 Å². The van der Waals surface area contributed by atoms with Gasteiger partial charge in [-0.3, -0.25) is 0 Å². The van der Waals surface area contributed by atoms with Crippen LogP contribution in [0.25, 0.3) is 11.3 Å². The fourth-order valence-corrected chi connectivity index (χ4v) is 3.16. The van der Waals surface area contributed by atoms with Crippen molar-refractivity contribution in [2.24, 2.45) is 0 Å². The van der Waals surface area contributed by atoms with Crippen molar-refractivity contribution in [1.82, 2.24) is 9.97 Å². The normalized spacial score (nSPS) is 10.3. The summed E-state index contributed by atoms with van der Waals surface area (Å²) in [6.07, 6.45) is 1.85. The number of phenols is 1. The quantitative estimate of drug-likeness (QED) is 0.349. The van der Waals surface area contributed by atoms with Gasteiger partial charge in [0.2, 0.25) is 0 Å². The van der Waals surface area contributed by atoms with E-state index in [0.29, 0.717) is 39.4 Å². The number of anilines is 2. The molecule has 2 aromatic carbocycles. The Balaban J connectivity index is 2.16. The molecule has 0 fully saturated rings. The zero-order chi connectivity index (χ0) is 21.0. The number of rotatable bonds is 6. The minimum absolute atomic E-state index is 0.0749. The number of thioether (sulfide) groups is 1. The first kappa shape index (κ1) is 20.3. The maximum Gasteiger partial charge on any atom is 0.189 e. The van der Waals surface area contributed by atoms with E-state index >= 15 is 0 Å². The van der Waals surface area contributed by atoms with Crippen molar-refractivity contribution in [1.29, 1.82) is 5.26 Å². The summed E-state index contributed by atoms with van der Waals surface area (Å²) in [5, 5.41) is 23.6. The van der Waals surface area contributed by atoms with Gasteiger partial charge < -0.3 is 19.9 Å². The number of benzene rings is 2. The van der Waals surface area contributed by atoms with Crippen molar-refractivity contribution in [3.05, 3.63) is 47.5 Å². The number of hydrogen-bond acceptors (Lipinski definition) is 8. The van der Waals surface area contributed by atoms with E-state index in [4.69, 9.17) is 9.47 Å². The van der Waals surface area contributed by atoms with E-state index < -0.39 is 0 Å². The van der Waals surface area contributed by atoms with E-state index in [1.165, 1.54) is 11.8 Å². The van der Waals surface area contributed by atoms with Crippen LogP contribution in [0.15, 0.2) is 41.6 Å². The molecule has 0 aliphatic heterocycles. The summed E-state index contributed by atoms with van der Waals surface area (Å²) in [5.74, 6) is 1.50. The molecule has 0 spiro atoms. The van der Waals surface area contributed by atoms with Crippen LogP contribution in [0, 0.1) is 18.3 Å². The van der Waals surface area contributed by atoms with E-state index in [1.54, 1.807) is 38.5 Å². The molecule has 1 aromatic heterocycles. The first-order chi connectivity index (χ1) is 14.0. The number of aryl methyl sites for hydroxylation is 1. The minimum Gasteiger partial charge on any atom is -0.506 e. The molecule has 0 saturated carbocycles. The second-order valence-corrected chi connectivity index (χ2v) is 6.88. The average Bonchev–Trinajstić information content (AvgIpc) is 2.74. The van der Waals surface area contributed by atoms with Crippen LogP contribution in [-0.2, 0) is 0 Å². The van der Waals surface area contributed by atoms with Gasteiger partial charge in [0.15, 0.2) is 22.5 Å². The summed E-state index contributed by atoms with van der Waals surface area (Å²) in [4.78, 5) is 8.97. The summed E-state index contributed by atoms with van der Waals surface area (Å²) >= 11 is 1.36. The minimum atomic E-state index is 0.0749. The summed E-state index contributed by atoms with van der Waals surface area (Å²) in [6, 6.07) is 12.7. The van der Waals surface area contributed by atoms with Crippen molar-refractivity contribution >= 4 is 23.3 Å². The monoisotopic (exact) mass is 408 g/mol. The second kappa shape index (κ2) is 8.71. The molecular formula is C21H20N4O3S. The van der Waals surface area contributed by atoms with Crippen molar-refractivity contribution in [2.45, 2.75) is 12.1 Å². The molecule has 0 radical (unpaired) electrons. The summed E-state index contributed by atoms with van der Waals surface area (Å²) < 4.78 is 10.7. The standard InChI is InChI=1S/C21H20N4O3S/c1-12-5-7-15(16(26)9-12)23-20-14(11-22)19(24-21(25-20)29-4)13-6-8-17(27-2)18(10-13)28-3/h5-10,26H,1-4H3,(H,23,24,25). The average molecular weight is 408 g/mol. The van der Waals surface area contributed by atoms with E-state index in [-0.39, 0.29) is 11.3 Å². The van der Waals surface area contributed by atoms with Gasteiger partial charge in [0.05, 0.1) is 25.6 Å².